The Morgan fingerprint density at radius 1 is 1.37 bits per heavy atom. The number of carbonyl (C=O) groups excluding carboxylic acids is 1. The summed E-state index contributed by atoms with van der Waals surface area (Å²) >= 11 is 4.23. The van der Waals surface area contributed by atoms with E-state index < -0.39 is 0 Å². The Balaban J connectivity index is 2.48. The van der Waals surface area contributed by atoms with Crippen LogP contribution in [0, 0.1) is 6.92 Å². The molecule has 0 unspecified atom stereocenters. The molecule has 100 valence electrons. The molecule has 19 heavy (non-hydrogen) atoms. The number of aryl methyl sites for hydroxylation is 1. The molecule has 2 rings (SSSR count). The predicted molar refractivity (Wildman–Crippen MR) is 74.7 cm³/mol. The standard InChI is InChI=1S/C13H15N3O2S/c1-9-4-6-10(7-5-9)16-8-14-12(19)11(16)13(17)15(2)18-3/h4-8,19H,1-3H3. The van der Waals surface area contributed by atoms with Crippen molar-refractivity contribution in [3.8, 4) is 5.69 Å². The summed E-state index contributed by atoms with van der Waals surface area (Å²) in [6.07, 6.45) is 1.57. The van der Waals surface area contributed by atoms with Gasteiger partial charge in [-0.15, -0.1) is 12.6 Å². The van der Waals surface area contributed by atoms with E-state index in [0.29, 0.717) is 10.7 Å². The Hall–Kier alpha value is -1.79. The highest BCUT2D eigenvalue weighted by Crippen LogP contribution is 2.19. The summed E-state index contributed by atoms with van der Waals surface area (Å²) in [5, 5.41) is 1.51. The minimum Gasteiger partial charge on any atom is -0.294 e. The van der Waals surface area contributed by atoms with Gasteiger partial charge in [0.15, 0.2) is 0 Å². The molecule has 0 fully saturated rings. The van der Waals surface area contributed by atoms with Crippen LogP contribution >= 0.6 is 12.6 Å². The van der Waals surface area contributed by atoms with Gasteiger partial charge in [0.1, 0.15) is 17.0 Å². The van der Waals surface area contributed by atoms with E-state index in [9.17, 15) is 4.79 Å². The number of thiol groups is 1. The van der Waals surface area contributed by atoms with Crippen LogP contribution < -0.4 is 0 Å². The van der Waals surface area contributed by atoms with Crippen LogP contribution in [-0.2, 0) is 4.84 Å². The van der Waals surface area contributed by atoms with Crippen LogP contribution in [0.15, 0.2) is 35.6 Å². The van der Waals surface area contributed by atoms with Crippen molar-refractivity contribution in [2.24, 2.45) is 0 Å². The van der Waals surface area contributed by atoms with Crippen LogP contribution in [0.4, 0.5) is 0 Å². The summed E-state index contributed by atoms with van der Waals surface area (Å²) < 4.78 is 1.69. The molecule has 0 aliphatic rings. The van der Waals surface area contributed by atoms with Crippen molar-refractivity contribution < 1.29 is 9.63 Å². The number of carbonyl (C=O) groups is 1. The molecule has 0 bridgehead atoms. The van der Waals surface area contributed by atoms with Gasteiger partial charge in [-0.2, -0.15) is 0 Å². The Bertz CT molecular complexity index is 592. The van der Waals surface area contributed by atoms with E-state index in [1.54, 1.807) is 17.9 Å². The first-order valence-electron chi connectivity index (χ1n) is 5.70. The topological polar surface area (TPSA) is 47.4 Å². The van der Waals surface area contributed by atoms with Crippen molar-refractivity contribution in [2.75, 3.05) is 14.2 Å². The molecule has 0 N–H and O–H groups in total. The van der Waals surface area contributed by atoms with Gasteiger partial charge >= 0.3 is 0 Å². The molecule has 5 nitrogen and oxygen atoms in total. The van der Waals surface area contributed by atoms with Crippen LogP contribution in [-0.4, -0.2) is 34.7 Å². The Morgan fingerprint density at radius 3 is 2.58 bits per heavy atom. The van der Waals surface area contributed by atoms with Crippen molar-refractivity contribution in [1.82, 2.24) is 14.6 Å². The fraction of sp³-hybridized carbons (Fsp3) is 0.231. The van der Waals surface area contributed by atoms with Gasteiger partial charge in [-0.25, -0.2) is 10.0 Å². The lowest BCUT2D eigenvalue weighted by atomic mass is 10.2. The lowest BCUT2D eigenvalue weighted by Crippen LogP contribution is -2.27. The van der Waals surface area contributed by atoms with Crippen LogP contribution in [0.1, 0.15) is 16.1 Å². The van der Waals surface area contributed by atoms with Crippen molar-refractivity contribution >= 4 is 18.5 Å². The van der Waals surface area contributed by atoms with E-state index in [2.05, 4.69) is 17.6 Å². The quantitative estimate of drug-likeness (QED) is 0.690. The molecule has 0 radical (unpaired) electrons. The molecule has 1 aromatic carbocycles. The third kappa shape index (κ3) is 2.64. The van der Waals surface area contributed by atoms with Gasteiger partial charge in [0, 0.05) is 12.7 Å². The maximum Gasteiger partial charge on any atom is 0.296 e. The van der Waals surface area contributed by atoms with E-state index in [1.807, 2.05) is 31.2 Å². The number of aromatic nitrogens is 2. The van der Waals surface area contributed by atoms with Crippen molar-refractivity contribution in [2.45, 2.75) is 11.9 Å². The lowest BCUT2D eigenvalue weighted by molar-refractivity contribution is -0.0764. The minimum atomic E-state index is -0.300. The summed E-state index contributed by atoms with van der Waals surface area (Å²) in [5.41, 5.74) is 2.37. The van der Waals surface area contributed by atoms with Crippen LogP contribution in [0.2, 0.25) is 0 Å². The molecule has 1 aromatic heterocycles. The molecular formula is C13H15N3O2S. The first kappa shape index (κ1) is 13.6. The number of hydroxylamine groups is 2. The lowest BCUT2D eigenvalue weighted by Gasteiger charge is -2.15. The molecule has 0 aliphatic carbocycles. The van der Waals surface area contributed by atoms with Gasteiger partial charge in [-0.1, -0.05) is 17.7 Å². The summed E-state index contributed by atoms with van der Waals surface area (Å²) in [6, 6.07) is 7.80. The number of benzene rings is 1. The van der Waals surface area contributed by atoms with Gasteiger partial charge in [-0.05, 0) is 19.1 Å². The van der Waals surface area contributed by atoms with Gasteiger partial charge in [0.2, 0.25) is 0 Å². The first-order chi connectivity index (χ1) is 9.04. The summed E-state index contributed by atoms with van der Waals surface area (Å²) in [7, 11) is 2.98. The largest absolute Gasteiger partial charge is 0.296 e. The zero-order chi connectivity index (χ0) is 14.0. The fourth-order valence-corrected chi connectivity index (χ4v) is 1.93. The zero-order valence-electron chi connectivity index (χ0n) is 11.0. The molecule has 0 atom stereocenters. The highest BCUT2D eigenvalue weighted by molar-refractivity contribution is 7.80. The number of hydrogen-bond donors (Lipinski definition) is 1. The van der Waals surface area contributed by atoms with Crippen molar-refractivity contribution in [3.05, 3.63) is 41.9 Å². The molecule has 0 aliphatic heterocycles. The van der Waals surface area contributed by atoms with E-state index in [0.717, 1.165) is 16.3 Å². The Labute approximate surface area is 117 Å². The number of nitrogens with zero attached hydrogens (tertiary/aromatic N) is 3. The number of rotatable bonds is 3. The fourth-order valence-electron chi connectivity index (χ4n) is 1.67. The van der Waals surface area contributed by atoms with Gasteiger partial charge in [0.05, 0.1) is 7.11 Å². The second-order valence-corrected chi connectivity index (χ2v) is 4.53. The minimum absolute atomic E-state index is 0.300. The summed E-state index contributed by atoms with van der Waals surface area (Å²) in [6.45, 7) is 2.01. The molecule has 1 amide bonds. The average Bonchev–Trinajstić information content (AvgIpc) is 2.79. The molecule has 2 aromatic rings. The number of imidazole rings is 1. The zero-order valence-corrected chi connectivity index (χ0v) is 11.9. The maximum atomic E-state index is 12.2. The Kier molecular flexibility index (Phi) is 3.92. The van der Waals surface area contributed by atoms with E-state index in [1.165, 1.54) is 7.11 Å². The SMILES string of the molecule is CON(C)C(=O)c1c(S)ncn1-c1ccc(C)cc1. The molecule has 0 saturated heterocycles. The van der Waals surface area contributed by atoms with Crippen LogP contribution in [0.5, 0.6) is 0 Å². The number of hydrogen-bond acceptors (Lipinski definition) is 4. The normalized spacial score (nSPS) is 10.5. The third-order valence-corrected chi connectivity index (χ3v) is 3.15. The Morgan fingerprint density at radius 2 is 2.00 bits per heavy atom. The van der Waals surface area contributed by atoms with Crippen molar-refractivity contribution in [3.63, 3.8) is 0 Å². The van der Waals surface area contributed by atoms with E-state index in [-0.39, 0.29) is 5.91 Å². The van der Waals surface area contributed by atoms with E-state index in [4.69, 9.17) is 4.84 Å². The molecule has 0 saturated carbocycles. The molecule has 1 heterocycles. The second kappa shape index (κ2) is 5.46. The molecule has 0 spiro atoms. The van der Waals surface area contributed by atoms with Gasteiger partial charge in [-0.3, -0.25) is 14.2 Å². The van der Waals surface area contributed by atoms with Gasteiger partial charge < -0.3 is 0 Å². The van der Waals surface area contributed by atoms with Crippen LogP contribution in [0.25, 0.3) is 5.69 Å². The summed E-state index contributed by atoms with van der Waals surface area (Å²) in [5.74, 6) is -0.300. The molecule has 6 heteroatoms. The second-order valence-electron chi connectivity index (χ2n) is 4.11. The maximum absolute atomic E-state index is 12.2. The summed E-state index contributed by atoms with van der Waals surface area (Å²) in [4.78, 5) is 21.2. The highest BCUT2D eigenvalue weighted by atomic mass is 32.1. The van der Waals surface area contributed by atoms with Gasteiger partial charge in [0.25, 0.3) is 5.91 Å². The van der Waals surface area contributed by atoms with Crippen molar-refractivity contribution in [1.29, 1.82) is 0 Å². The number of amides is 1. The first-order valence-corrected chi connectivity index (χ1v) is 6.15. The third-order valence-electron chi connectivity index (χ3n) is 2.82. The highest BCUT2D eigenvalue weighted by Gasteiger charge is 2.21. The predicted octanol–water partition coefficient (Wildman–Crippen LogP) is 2.10. The monoisotopic (exact) mass is 277 g/mol. The van der Waals surface area contributed by atoms with Crippen LogP contribution in [0.3, 0.4) is 0 Å². The van der Waals surface area contributed by atoms with E-state index >= 15 is 0 Å². The average molecular weight is 277 g/mol. The molecular weight excluding hydrogens is 262 g/mol. The smallest absolute Gasteiger partial charge is 0.294 e.